The Labute approximate surface area is 138 Å². The van der Waals surface area contributed by atoms with E-state index >= 15 is 0 Å². The van der Waals surface area contributed by atoms with Crippen LogP contribution in [0.1, 0.15) is 29.1 Å². The number of aryl methyl sites for hydroxylation is 1. The summed E-state index contributed by atoms with van der Waals surface area (Å²) in [6.07, 6.45) is 3.46. The number of aromatic nitrogens is 1. The lowest BCUT2D eigenvalue weighted by atomic mass is 10.2. The fourth-order valence-electron chi connectivity index (χ4n) is 2.28. The molecule has 3 nitrogen and oxygen atoms in total. The Hall–Kier alpha value is -1.72. The van der Waals surface area contributed by atoms with Crippen LogP contribution in [0.15, 0.2) is 41.8 Å². The van der Waals surface area contributed by atoms with Crippen LogP contribution in [0.2, 0.25) is 0 Å². The van der Waals surface area contributed by atoms with Crippen molar-refractivity contribution in [2.45, 2.75) is 32.2 Å². The number of carbonyl (C=O) groups is 1. The Morgan fingerprint density at radius 1 is 1.14 bits per heavy atom. The smallest absolute Gasteiger partial charge is 0.220 e. The molecule has 0 spiro atoms. The van der Waals surface area contributed by atoms with Crippen LogP contribution in [-0.2, 0) is 17.8 Å². The average molecular weight is 330 g/mol. The summed E-state index contributed by atoms with van der Waals surface area (Å²) in [6, 6.07) is 12.3. The zero-order valence-electron chi connectivity index (χ0n) is 12.2. The molecule has 5 heteroatoms. The summed E-state index contributed by atoms with van der Waals surface area (Å²) in [5, 5.41) is 6.16. The van der Waals surface area contributed by atoms with Crippen molar-refractivity contribution >= 4 is 38.8 Å². The van der Waals surface area contributed by atoms with Crippen molar-refractivity contribution in [3.05, 3.63) is 51.7 Å². The summed E-state index contributed by atoms with van der Waals surface area (Å²) >= 11 is 3.43. The first-order valence-corrected chi connectivity index (χ1v) is 9.14. The Kier molecular flexibility index (Phi) is 5.19. The molecule has 0 saturated heterocycles. The van der Waals surface area contributed by atoms with Crippen molar-refractivity contribution in [3.8, 4) is 0 Å². The topological polar surface area (TPSA) is 42.0 Å². The number of nitrogens with one attached hydrogen (secondary N) is 1. The largest absolute Gasteiger partial charge is 0.351 e. The van der Waals surface area contributed by atoms with E-state index in [0.29, 0.717) is 13.0 Å². The Morgan fingerprint density at radius 2 is 2.05 bits per heavy atom. The molecule has 0 saturated carbocycles. The van der Waals surface area contributed by atoms with Gasteiger partial charge in [0.25, 0.3) is 0 Å². The summed E-state index contributed by atoms with van der Waals surface area (Å²) in [5.41, 5.74) is 1.08. The summed E-state index contributed by atoms with van der Waals surface area (Å²) < 4.78 is 1.24. The highest BCUT2D eigenvalue weighted by Gasteiger charge is 2.05. The van der Waals surface area contributed by atoms with Crippen LogP contribution < -0.4 is 5.32 Å². The number of thiophene rings is 1. The molecule has 2 aromatic heterocycles. The van der Waals surface area contributed by atoms with Crippen molar-refractivity contribution in [3.63, 3.8) is 0 Å². The molecule has 0 unspecified atom stereocenters. The molecule has 0 aliphatic heterocycles. The molecule has 1 N–H and O–H groups in total. The van der Waals surface area contributed by atoms with Gasteiger partial charge < -0.3 is 5.32 Å². The molecule has 3 aromatic rings. The van der Waals surface area contributed by atoms with Crippen LogP contribution in [0.25, 0.3) is 10.2 Å². The molecule has 0 fully saturated rings. The van der Waals surface area contributed by atoms with Gasteiger partial charge in [-0.1, -0.05) is 18.2 Å². The van der Waals surface area contributed by atoms with E-state index in [9.17, 15) is 4.79 Å². The van der Waals surface area contributed by atoms with Crippen molar-refractivity contribution in [2.75, 3.05) is 0 Å². The molecule has 22 heavy (non-hydrogen) atoms. The van der Waals surface area contributed by atoms with Gasteiger partial charge in [0.05, 0.1) is 21.8 Å². The number of benzene rings is 1. The fraction of sp³-hybridized carbons (Fsp3) is 0.294. The molecule has 0 aliphatic carbocycles. The number of amides is 1. The van der Waals surface area contributed by atoms with Gasteiger partial charge in [-0.3, -0.25) is 4.79 Å². The molecule has 0 radical (unpaired) electrons. The number of thiazole rings is 1. The first kappa shape index (κ1) is 15.2. The maximum absolute atomic E-state index is 11.8. The number of carbonyl (C=O) groups excluding carboxylic acids is 1. The fourth-order valence-corrected chi connectivity index (χ4v) is 3.93. The summed E-state index contributed by atoms with van der Waals surface area (Å²) in [7, 11) is 0. The van der Waals surface area contributed by atoms with E-state index in [1.807, 2.05) is 35.7 Å². The third-order valence-corrected chi connectivity index (χ3v) is 5.40. The van der Waals surface area contributed by atoms with Crippen LogP contribution in [0.3, 0.4) is 0 Å². The normalized spacial score (nSPS) is 10.9. The Bertz CT molecular complexity index is 701. The first-order valence-electron chi connectivity index (χ1n) is 7.45. The molecule has 1 amide bonds. The average Bonchev–Trinajstić information content (AvgIpc) is 3.18. The molecule has 3 rings (SSSR count). The van der Waals surface area contributed by atoms with Crippen LogP contribution in [0.5, 0.6) is 0 Å². The van der Waals surface area contributed by atoms with Crippen LogP contribution in [-0.4, -0.2) is 10.9 Å². The van der Waals surface area contributed by atoms with Crippen molar-refractivity contribution in [2.24, 2.45) is 0 Å². The quantitative estimate of drug-likeness (QED) is 0.653. The van der Waals surface area contributed by atoms with E-state index < -0.39 is 0 Å². The second-order valence-electron chi connectivity index (χ2n) is 5.14. The molecular formula is C17H18N2OS2. The van der Waals surface area contributed by atoms with Crippen molar-refractivity contribution in [1.29, 1.82) is 0 Å². The second kappa shape index (κ2) is 7.51. The maximum Gasteiger partial charge on any atom is 0.220 e. The van der Waals surface area contributed by atoms with Crippen LogP contribution >= 0.6 is 22.7 Å². The van der Waals surface area contributed by atoms with Gasteiger partial charge in [0.1, 0.15) is 0 Å². The first-order chi connectivity index (χ1) is 10.8. The zero-order valence-corrected chi connectivity index (χ0v) is 13.9. The van der Waals surface area contributed by atoms with E-state index in [2.05, 4.69) is 16.4 Å². The zero-order chi connectivity index (χ0) is 15.2. The standard InChI is InChI=1S/C17H18N2OS2/c20-16(18-12-13-6-5-11-21-13)9-3-4-10-17-19-14-7-1-2-8-15(14)22-17/h1-2,5-8,11H,3-4,9-10,12H2,(H,18,20). The highest BCUT2D eigenvalue weighted by atomic mass is 32.1. The molecule has 0 aliphatic rings. The van der Waals surface area contributed by atoms with Gasteiger partial charge in [0, 0.05) is 11.3 Å². The molecule has 0 bridgehead atoms. The number of hydrogen-bond acceptors (Lipinski definition) is 4. The van der Waals surface area contributed by atoms with E-state index in [1.54, 1.807) is 22.7 Å². The number of fused-ring (bicyclic) bond motifs is 1. The Morgan fingerprint density at radius 3 is 2.86 bits per heavy atom. The van der Waals surface area contributed by atoms with Crippen LogP contribution in [0.4, 0.5) is 0 Å². The van der Waals surface area contributed by atoms with E-state index in [1.165, 1.54) is 14.6 Å². The predicted octanol–water partition coefficient (Wildman–Crippen LogP) is 4.39. The summed E-state index contributed by atoms with van der Waals surface area (Å²) in [5.74, 6) is 0.137. The minimum atomic E-state index is 0.137. The molecule has 2 heterocycles. The Balaban J connectivity index is 1.37. The lowest BCUT2D eigenvalue weighted by Crippen LogP contribution is -2.21. The number of rotatable bonds is 7. The van der Waals surface area contributed by atoms with Gasteiger partial charge in [-0.15, -0.1) is 22.7 Å². The monoisotopic (exact) mass is 330 g/mol. The minimum Gasteiger partial charge on any atom is -0.351 e. The van der Waals surface area contributed by atoms with E-state index in [0.717, 1.165) is 24.8 Å². The van der Waals surface area contributed by atoms with Gasteiger partial charge in [-0.05, 0) is 42.8 Å². The lowest BCUT2D eigenvalue weighted by molar-refractivity contribution is -0.121. The predicted molar refractivity (Wildman–Crippen MR) is 93.3 cm³/mol. The maximum atomic E-state index is 11.8. The number of para-hydroxylation sites is 1. The van der Waals surface area contributed by atoms with Crippen LogP contribution in [0, 0.1) is 0 Å². The molecular weight excluding hydrogens is 312 g/mol. The second-order valence-corrected chi connectivity index (χ2v) is 7.29. The lowest BCUT2D eigenvalue weighted by Gasteiger charge is -2.03. The number of unbranched alkanes of at least 4 members (excludes halogenated alkanes) is 1. The summed E-state index contributed by atoms with van der Waals surface area (Å²) in [6.45, 7) is 0.647. The van der Waals surface area contributed by atoms with Gasteiger partial charge in [-0.2, -0.15) is 0 Å². The van der Waals surface area contributed by atoms with E-state index in [4.69, 9.17) is 0 Å². The van der Waals surface area contributed by atoms with Gasteiger partial charge in [0.2, 0.25) is 5.91 Å². The summed E-state index contributed by atoms with van der Waals surface area (Å²) in [4.78, 5) is 17.6. The highest BCUT2D eigenvalue weighted by molar-refractivity contribution is 7.18. The van der Waals surface area contributed by atoms with Crippen molar-refractivity contribution < 1.29 is 4.79 Å². The van der Waals surface area contributed by atoms with Gasteiger partial charge >= 0.3 is 0 Å². The molecule has 114 valence electrons. The van der Waals surface area contributed by atoms with E-state index in [-0.39, 0.29) is 5.91 Å². The third-order valence-electron chi connectivity index (χ3n) is 3.42. The minimum absolute atomic E-state index is 0.137. The van der Waals surface area contributed by atoms with Crippen molar-refractivity contribution in [1.82, 2.24) is 10.3 Å². The molecule has 1 aromatic carbocycles. The third kappa shape index (κ3) is 4.15. The number of hydrogen-bond donors (Lipinski definition) is 1. The SMILES string of the molecule is O=C(CCCCc1nc2ccccc2s1)NCc1cccs1. The van der Waals surface area contributed by atoms with Gasteiger partial charge in [0.15, 0.2) is 0 Å². The highest BCUT2D eigenvalue weighted by Crippen LogP contribution is 2.22. The molecule has 0 atom stereocenters. The number of nitrogens with zero attached hydrogens (tertiary/aromatic N) is 1. The van der Waals surface area contributed by atoms with Gasteiger partial charge in [-0.25, -0.2) is 4.98 Å².